The molecule has 1 rings (SSSR count). The fourth-order valence-corrected chi connectivity index (χ4v) is 1.69. The van der Waals surface area contributed by atoms with E-state index in [-0.39, 0.29) is 24.2 Å². The first-order chi connectivity index (χ1) is 9.26. The SMILES string of the molecule is CCN(Cc1cc(C(=O)NN)ccc1F)CC(F)(F)F. The highest BCUT2D eigenvalue weighted by molar-refractivity contribution is 5.93. The van der Waals surface area contributed by atoms with Crippen molar-refractivity contribution in [3.05, 3.63) is 35.1 Å². The summed E-state index contributed by atoms with van der Waals surface area (Å²) in [6, 6.07) is 3.43. The molecule has 0 fully saturated rings. The number of nitrogen functional groups attached to an aromatic ring is 1. The Hall–Kier alpha value is -1.67. The normalized spacial score (nSPS) is 11.8. The highest BCUT2D eigenvalue weighted by Crippen LogP contribution is 2.19. The van der Waals surface area contributed by atoms with E-state index in [1.807, 2.05) is 5.43 Å². The predicted octanol–water partition coefficient (Wildman–Crippen LogP) is 1.81. The van der Waals surface area contributed by atoms with Gasteiger partial charge in [0.2, 0.25) is 0 Å². The van der Waals surface area contributed by atoms with Gasteiger partial charge in [-0.25, -0.2) is 10.2 Å². The van der Waals surface area contributed by atoms with Crippen molar-refractivity contribution in [2.75, 3.05) is 13.1 Å². The Morgan fingerprint density at radius 1 is 1.40 bits per heavy atom. The molecule has 0 saturated carbocycles. The number of rotatable bonds is 5. The topological polar surface area (TPSA) is 58.4 Å². The summed E-state index contributed by atoms with van der Waals surface area (Å²) >= 11 is 0. The molecule has 0 spiro atoms. The van der Waals surface area contributed by atoms with Crippen LogP contribution in [-0.4, -0.2) is 30.1 Å². The number of hydrogen-bond acceptors (Lipinski definition) is 3. The van der Waals surface area contributed by atoms with Crippen molar-refractivity contribution in [2.45, 2.75) is 19.6 Å². The molecule has 0 aliphatic heterocycles. The van der Waals surface area contributed by atoms with E-state index < -0.39 is 24.4 Å². The molecule has 1 amide bonds. The fraction of sp³-hybridized carbons (Fsp3) is 0.417. The molecule has 0 heterocycles. The Morgan fingerprint density at radius 3 is 2.55 bits per heavy atom. The molecule has 1 aromatic rings. The first-order valence-electron chi connectivity index (χ1n) is 5.85. The Bertz CT molecular complexity index is 476. The number of hydrazine groups is 1. The van der Waals surface area contributed by atoms with Gasteiger partial charge >= 0.3 is 6.18 Å². The monoisotopic (exact) mass is 293 g/mol. The molecule has 0 aromatic heterocycles. The third-order valence-electron chi connectivity index (χ3n) is 2.68. The van der Waals surface area contributed by atoms with Crippen LogP contribution in [0.5, 0.6) is 0 Å². The maximum atomic E-state index is 13.6. The van der Waals surface area contributed by atoms with Gasteiger partial charge in [-0.1, -0.05) is 6.92 Å². The van der Waals surface area contributed by atoms with Crippen LogP contribution in [0.2, 0.25) is 0 Å². The average molecular weight is 293 g/mol. The van der Waals surface area contributed by atoms with Crippen molar-refractivity contribution >= 4 is 5.91 Å². The highest BCUT2D eigenvalue weighted by atomic mass is 19.4. The Kier molecular flexibility index (Phi) is 5.46. The largest absolute Gasteiger partial charge is 0.401 e. The van der Waals surface area contributed by atoms with Crippen molar-refractivity contribution < 1.29 is 22.4 Å². The summed E-state index contributed by atoms with van der Waals surface area (Å²) in [5.74, 6) is 3.65. The van der Waals surface area contributed by atoms with E-state index in [1.54, 1.807) is 6.92 Å². The molecule has 0 unspecified atom stereocenters. The van der Waals surface area contributed by atoms with Crippen LogP contribution in [0.4, 0.5) is 17.6 Å². The van der Waals surface area contributed by atoms with E-state index in [0.717, 1.165) is 11.0 Å². The number of alkyl halides is 3. The van der Waals surface area contributed by atoms with Gasteiger partial charge in [-0.2, -0.15) is 13.2 Å². The lowest BCUT2D eigenvalue weighted by atomic mass is 10.1. The maximum absolute atomic E-state index is 13.6. The molecular weight excluding hydrogens is 278 g/mol. The van der Waals surface area contributed by atoms with Crippen molar-refractivity contribution in [3.8, 4) is 0 Å². The van der Waals surface area contributed by atoms with Gasteiger partial charge in [0.05, 0.1) is 6.54 Å². The molecule has 112 valence electrons. The van der Waals surface area contributed by atoms with Crippen LogP contribution in [0.1, 0.15) is 22.8 Å². The molecule has 3 N–H and O–H groups in total. The minimum absolute atomic E-state index is 0.0113. The third-order valence-corrected chi connectivity index (χ3v) is 2.68. The quantitative estimate of drug-likeness (QED) is 0.377. The van der Waals surface area contributed by atoms with E-state index in [1.165, 1.54) is 12.1 Å². The Labute approximate surface area is 113 Å². The summed E-state index contributed by atoms with van der Waals surface area (Å²) in [5, 5.41) is 0. The molecular formula is C12H15F4N3O. The number of halogens is 4. The van der Waals surface area contributed by atoms with Crippen LogP contribution >= 0.6 is 0 Å². The second-order valence-electron chi connectivity index (χ2n) is 4.20. The predicted molar refractivity (Wildman–Crippen MR) is 65.1 cm³/mol. The number of carbonyl (C=O) groups is 1. The first-order valence-corrected chi connectivity index (χ1v) is 5.85. The molecule has 0 radical (unpaired) electrons. The first kappa shape index (κ1) is 16.4. The van der Waals surface area contributed by atoms with Gasteiger partial charge in [0.1, 0.15) is 5.82 Å². The van der Waals surface area contributed by atoms with E-state index in [4.69, 9.17) is 5.84 Å². The minimum atomic E-state index is -4.36. The zero-order chi connectivity index (χ0) is 15.3. The molecule has 0 saturated heterocycles. The van der Waals surface area contributed by atoms with Gasteiger partial charge in [-0.15, -0.1) is 0 Å². The number of hydrogen-bond donors (Lipinski definition) is 2. The molecule has 8 heteroatoms. The standard InChI is InChI=1S/C12H15F4N3O/c1-2-19(7-12(14,15)16)6-9-5-8(11(20)18-17)3-4-10(9)13/h3-5H,2,6-7,17H2,1H3,(H,18,20). The van der Waals surface area contributed by atoms with E-state index in [0.29, 0.717) is 0 Å². The Balaban J connectivity index is 2.92. The zero-order valence-corrected chi connectivity index (χ0v) is 10.8. The molecule has 4 nitrogen and oxygen atoms in total. The van der Waals surface area contributed by atoms with E-state index in [2.05, 4.69) is 0 Å². The molecule has 0 atom stereocenters. The van der Waals surface area contributed by atoms with Gasteiger partial charge < -0.3 is 0 Å². The summed E-state index contributed by atoms with van der Waals surface area (Å²) in [4.78, 5) is 12.3. The van der Waals surface area contributed by atoms with E-state index in [9.17, 15) is 22.4 Å². The van der Waals surface area contributed by atoms with Gasteiger partial charge in [0.15, 0.2) is 0 Å². The zero-order valence-electron chi connectivity index (χ0n) is 10.8. The second kappa shape index (κ2) is 6.67. The van der Waals surface area contributed by atoms with E-state index >= 15 is 0 Å². The molecule has 0 aliphatic carbocycles. The maximum Gasteiger partial charge on any atom is 0.401 e. The summed E-state index contributed by atoms with van der Waals surface area (Å²) in [7, 11) is 0. The van der Waals surface area contributed by atoms with Crippen LogP contribution < -0.4 is 11.3 Å². The van der Waals surface area contributed by atoms with Crippen LogP contribution in [0.25, 0.3) is 0 Å². The lowest BCUT2D eigenvalue weighted by Crippen LogP contribution is -2.34. The molecule has 0 aliphatic rings. The Morgan fingerprint density at radius 2 is 2.05 bits per heavy atom. The van der Waals surface area contributed by atoms with Crippen molar-refractivity contribution in [1.82, 2.24) is 10.3 Å². The van der Waals surface area contributed by atoms with Gasteiger partial charge in [-0.3, -0.25) is 15.1 Å². The van der Waals surface area contributed by atoms with Crippen LogP contribution in [0, 0.1) is 5.82 Å². The van der Waals surface area contributed by atoms with Gasteiger partial charge in [0, 0.05) is 17.7 Å². The number of benzene rings is 1. The van der Waals surface area contributed by atoms with Crippen LogP contribution in [0.15, 0.2) is 18.2 Å². The number of nitrogens with two attached hydrogens (primary N) is 1. The lowest BCUT2D eigenvalue weighted by molar-refractivity contribution is -0.146. The number of amides is 1. The number of carbonyl (C=O) groups excluding carboxylic acids is 1. The number of nitrogens with one attached hydrogen (secondary N) is 1. The average Bonchev–Trinajstić information content (AvgIpc) is 2.37. The molecule has 1 aromatic carbocycles. The number of nitrogens with zero attached hydrogens (tertiary/aromatic N) is 1. The summed E-state index contributed by atoms with van der Waals surface area (Å²) < 4.78 is 50.6. The smallest absolute Gasteiger partial charge is 0.291 e. The van der Waals surface area contributed by atoms with Crippen LogP contribution in [-0.2, 0) is 6.54 Å². The summed E-state index contributed by atoms with van der Waals surface area (Å²) in [5.41, 5.74) is 1.98. The molecule has 0 bridgehead atoms. The minimum Gasteiger partial charge on any atom is -0.291 e. The lowest BCUT2D eigenvalue weighted by Gasteiger charge is -2.22. The molecule has 20 heavy (non-hydrogen) atoms. The second-order valence-corrected chi connectivity index (χ2v) is 4.20. The van der Waals surface area contributed by atoms with Crippen molar-refractivity contribution in [3.63, 3.8) is 0 Å². The van der Waals surface area contributed by atoms with Gasteiger partial charge in [-0.05, 0) is 24.7 Å². The summed E-state index contributed by atoms with van der Waals surface area (Å²) in [6.45, 7) is 0.260. The van der Waals surface area contributed by atoms with Crippen LogP contribution in [0.3, 0.4) is 0 Å². The third kappa shape index (κ3) is 4.78. The fourth-order valence-electron chi connectivity index (χ4n) is 1.69. The highest BCUT2D eigenvalue weighted by Gasteiger charge is 2.30. The van der Waals surface area contributed by atoms with Crippen molar-refractivity contribution in [2.24, 2.45) is 5.84 Å². The summed E-state index contributed by atoms with van der Waals surface area (Å²) in [6.07, 6.45) is -4.36. The van der Waals surface area contributed by atoms with Crippen molar-refractivity contribution in [1.29, 1.82) is 0 Å². The van der Waals surface area contributed by atoms with Gasteiger partial charge in [0.25, 0.3) is 5.91 Å².